The molecule has 0 aliphatic rings. The molecular formula is C56H38N2S. The highest BCUT2D eigenvalue weighted by atomic mass is 32.1. The van der Waals surface area contributed by atoms with Gasteiger partial charge in [-0.25, -0.2) is 0 Å². The van der Waals surface area contributed by atoms with Gasteiger partial charge in [-0.2, -0.15) is 0 Å². The number of hydrogen-bond acceptors (Lipinski definition) is 3. The molecule has 10 aromatic carbocycles. The van der Waals surface area contributed by atoms with Gasteiger partial charge in [-0.1, -0.05) is 158 Å². The summed E-state index contributed by atoms with van der Waals surface area (Å²) in [5.41, 5.74) is 10.4. The van der Waals surface area contributed by atoms with Crippen molar-refractivity contribution in [1.82, 2.24) is 0 Å². The van der Waals surface area contributed by atoms with E-state index in [1.165, 1.54) is 64.0 Å². The largest absolute Gasteiger partial charge is 0.310 e. The zero-order valence-corrected chi connectivity index (χ0v) is 33.1. The SMILES string of the molecule is c1ccc(-c2c(-c3ccc(N(c4ccccc4)c4ccccc4)c4ccccc34)sc3ccc(N(c4ccc5ccccc5c4)c4ccc5ccccc5c4)cc23)cc1. The minimum Gasteiger partial charge on any atom is -0.310 e. The van der Waals surface area contributed by atoms with Crippen LogP contribution in [0.3, 0.4) is 0 Å². The van der Waals surface area contributed by atoms with Crippen LogP contribution in [0, 0.1) is 0 Å². The smallest absolute Gasteiger partial charge is 0.0540 e. The summed E-state index contributed by atoms with van der Waals surface area (Å²) in [7, 11) is 0. The average molecular weight is 771 g/mol. The van der Waals surface area contributed by atoms with E-state index in [9.17, 15) is 0 Å². The third-order valence-electron chi connectivity index (χ3n) is 11.4. The van der Waals surface area contributed by atoms with Crippen LogP contribution in [0.1, 0.15) is 0 Å². The predicted molar refractivity (Wildman–Crippen MR) is 255 cm³/mol. The maximum Gasteiger partial charge on any atom is 0.0540 e. The van der Waals surface area contributed by atoms with Crippen LogP contribution in [-0.4, -0.2) is 0 Å². The lowest BCUT2D eigenvalue weighted by Crippen LogP contribution is -2.10. The summed E-state index contributed by atoms with van der Waals surface area (Å²) in [6.07, 6.45) is 0. The summed E-state index contributed by atoms with van der Waals surface area (Å²) >= 11 is 1.88. The van der Waals surface area contributed by atoms with Gasteiger partial charge in [-0.3, -0.25) is 0 Å². The molecule has 0 spiro atoms. The Labute approximate surface area is 348 Å². The van der Waals surface area contributed by atoms with Gasteiger partial charge in [0.25, 0.3) is 0 Å². The van der Waals surface area contributed by atoms with Crippen LogP contribution >= 0.6 is 11.3 Å². The van der Waals surface area contributed by atoms with Crippen LogP contribution < -0.4 is 9.80 Å². The van der Waals surface area contributed by atoms with Crippen LogP contribution in [0.5, 0.6) is 0 Å². The number of benzene rings is 10. The van der Waals surface area contributed by atoms with Crippen molar-refractivity contribution in [3.8, 4) is 21.6 Å². The minimum absolute atomic E-state index is 1.12. The number of nitrogens with zero attached hydrogens (tertiary/aromatic N) is 2. The minimum atomic E-state index is 1.12. The van der Waals surface area contributed by atoms with Crippen LogP contribution in [0.25, 0.3) is 64.0 Å². The molecule has 1 aromatic heterocycles. The van der Waals surface area contributed by atoms with Gasteiger partial charge in [0.2, 0.25) is 0 Å². The fraction of sp³-hybridized carbons (Fsp3) is 0. The van der Waals surface area contributed by atoms with Crippen molar-refractivity contribution in [3.63, 3.8) is 0 Å². The molecule has 11 aromatic rings. The molecule has 0 bridgehead atoms. The van der Waals surface area contributed by atoms with Crippen molar-refractivity contribution in [1.29, 1.82) is 0 Å². The van der Waals surface area contributed by atoms with Gasteiger partial charge in [-0.15, -0.1) is 11.3 Å². The molecule has 0 N–H and O–H groups in total. The predicted octanol–water partition coefficient (Wildman–Crippen LogP) is 16.6. The Balaban J connectivity index is 1.13. The molecule has 0 aliphatic carbocycles. The summed E-state index contributed by atoms with van der Waals surface area (Å²) in [5.74, 6) is 0. The van der Waals surface area contributed by atoms with Gasteiger partial charge in [0.15, 0.2) is 0 Å². The van der Waals surface area contributed by atoms with Gasteiger partial charge in [0.1, 0.15) is 0 Å². The molecule has 0 atom stereocenters. The molecule has 0 fully saturated rings. The monoisotopic (exact) mass is 770 g/mol. The molecule has 278 valence electrons. The summed E-state index contributed by atoms with van der Waals surface area (Å²) in [6, 6.07) is 83.7. The summed E-state index contributed by atoms with van der Waals surface area (Å²) in [6.45, 7) is 0. The molecule has 59 heavy (non-hydrogen) atoms. The number of fused-ring (bicyclic) bond motifs is 4. The molecule has 11 rings (SSSR count). The molecule has 0 saturated heterocycles. The molecule has 2 nitrogen and oxygen atoms in total. The molecule has 0 aliphatic heterocycles. The first-order valence-electron chi connectivity index (χ1n) is 20.1. The molecule has 3 heteroatoms. The second-order valence-electron chi connectivity index (χ2n) is 14.9. The van der Waals surface area contributed by atoms with Gasteiger partial charge < -0.3 is 9.80 Å². The van der Waals surface area contributed by atoms with E-state index in [1.807, 2.05) is 11.3 Å². The maximum atomic E-state index is 2.41. The number of para-hydroxylation sites is 2. The normalized spacial score (nSPS) is 11.4. The Bertz CT molecular complexity index is 3160. The standard InChI is InChI=1S/C56H38N2S/c1-4-18-41(19-5-1)55-52-38-48(57(46-30-28-39-16-10-12-20-42(39)36-46)47-31-29-40-17-11-13-21-43(40)37-47)32-35-54(52)59-56(55)51-33-34-53(50-27-15-14-26-49(50)51)58(44-22-6-2-7-23-44)45-24-8-3-9-25-45/h1-38H. The highest BCUT2D eigenvalue weighted by Crippen LogP contribution is 2.50. The first-order valence-corrected chi connectivity index (χ1v) is 20.9. The van der Waals surface area contributed by atoms with Crippen molar-refractivity contribution >= 4 is 87.9 Å². The van der Waals surface area contributed by atoms with Crippen LogP contribution in [-0.2, 0) is 0 Å². The third-order valence-corrected chi connectivity index (χ3v) is 12.6. The van der Waals surface area contributed by atoms with Crippen molar-refractivity contribution < 1.29 is 0 Å². The highest BCUT2D eigenvalue weighted by Gasteiger charge is 2.23. The molecule has 0 radical (unpaired) electrons. The lowest BCUT2D eigenvalue weighted by atomic mass is 9.94. The molecule has 1 heterocycles. The number of rotatable bonds is 8. The van der Waals surface area contributed by atoms with E-state index in [0.29, 0.717) is 0 Å². The third kappa shape index (κ3) is 6.29. The van der Waals surface area contributed by atoms with Crippen LogP contribution in [0.4, 0.5) is 34.1 Å². The lowest BCUT2D eigenvalue weighted by molar-refractivity contribution is 1.30. The molecule has 0 saturated carbocycles. The fourth-order valence-electron chi connectivity index (χ4n) is 8.64. The molecular weight excluding hydrogens is 733 g/mol. The first kappa shape index (κ1) is 34.8. The van der Waals surface area contributed by atoms with Crippen molar-refractivity contribution in [2.45, 2.75) is 0 Å². The van der Waals surface area contributed by atoms with Gasteiger partial charge in [0, 0.05) is 59.9 Å². The first-order chi connectivity index (χ1) is 29.3. The van der Waals surface area contributed by atoms with Crippen LogP contribution in [0.2, 0.25) is 0 Å². The van der Waals surface area contributed by atoms with Crippen molar-refractivity contribution in [3.05, 3.63) is 231 Å². The number of thiophene rings is 1. The van der Waals surface area contributed by atoms with E-state index in [0.717, 1.165) is 34.1 Å². The molecule has 0 unspecified atom stereocenters. The Morgan fingerprint density at radius 3 is 1.41 bits per heavy atom. The average Bonchev–Trinajstić information content (AvgIpc) is 3.69. The van der Waals surface area contributed by atoms with Gasteiger partial charge in [-0.05, 0) is 105 Å². The fourth-order valence-corrected chi connectivity index (χ4v) is 9.89. The van der Waals surface area contributed by atoms with E-state index >= 15 is 0 Å². The Kier molecular flexibility index (Phi) is 8.72. The van der Waals surface area contributed by atoms with Crippen LogP contribution in [0.15, 0.2) is 231 Å². The summed E-state index contributed by atoms with van der Waals surface area (Å²) in [5, 5.41) is 8.55. The quantitative estimate of drug-likeness (QED) is 0.152. The Morgan fingerprint density at radius 1 is 0.305 bits per heavy atom. The number of anilines is 6. The van der Waals surface area contributed by atoms with E-state index in [2.05, 4.69) is 240 Å². The van der Waals surface area contributed by atoms with E-state index in [-0.39, 0.29) is 0 Å². The Hall–Kier alpha value is -7.46. The maximum absolute atomic E-state index is 2.41. The van der Waals surface area contributed by atoms with E-state index in [4.69, 9.17) is 0 Å². The zero-order valence-electron chi connectivity index (χ0n) is 32.2. The summed E-state index contributed by atoms with van der Waals surface area (Å²) < 4.78 is 1.25. The summed E-state index contributed by atoms with van der Waals surface area (Å²) in [4.78, 5) is 6.05. The molecule has 0 amide bonds. The van der Waals surface area contributed by atoms with Crippen molar-refractivity contribution in [2.75, 3.05) is 9.80 Å². The van der Waals surface area contributed by atoms with Gasteiger partial charge in [0.05, 0.1) is 5.69 Å². The number of hydrogen-bond donors (Lipinski definition) is 0. The second-order valence-corrected chi connectivity index (χ2v) is 16.0. The highest BCUT2D eigenvalue weighted by molar-refractivity contribution is 7.23. The topological polar surface area (TPSA) is 6.48 Å². The van der Waals surface area contributed by atoms with Crippen molar-refractivity contribution in [2.24, 2.45) is 0 Å². The van der Waals surface area contributed by atoms with E-state index < -0.39 is 0 Å². The zero-order chi connectivity index (χ0) is 39.1. The lowest BCUT2D eigenvalue weighted by Gasteiger charge is -2.27. The van der Waals surface area contributed by atoms with Gasteiger partial charge >= 0.3 is 0 Å². The van der Waals surface area contributed by atoms with E-state index in [1.54, 1.807) is 0 Å². The Morgan fingerprint density at radius 2 is 0.797 bits per heavy atom. The second kappa shape index (κ2) is 14.8.